The summed E-state index contributed by atoms with van der Waals surface area (Å²) >= 11 is 2.11. The van der Waals surface area contributed by atoms with E-state index in [2.05, 4.69) is 27.6 Å². The van der Waals surface area contributed by atoms with Crippen LogP contribution in [0, 0.1) is 3.57 Å². The van der Waals surface area contributed by atoms with Gasteiger partial charge in [0.2, 0.25) is 0 Å². The number of ether oxygens (including phenoxy) is 1. The van der Waals surface area contributed by atoms with Crippen LogP contribution in [0.4, 0.5) is 0 Å². The molecule has 8 heteroatoms. The van der Waals surface area contributed by atoms with Crippen LogP contribution in [0.2, 0.25) is 0 Å². The number of carbonyl (C=O) groups excluding carboxylic acids is 1. The Balaban J connectivity index is 1.75. The molecule has 2 aromatic heterocycles. The number of benzene rings is 2. The second-order valence-corrected chi connectivity index (χ2v) is 9.46. The quantitative estimate of drug-likeness (QED) is 0.275. The second kappa shape index (κ2) is 8.19. The fourth-order valence-electron chi connectivity index (χ4n) is 3.10. The number of nitrogens with zero attached hydrogens (tertiary/aromatic N) is 2. The van der Waals surface area contributed by atoms with Gasteiger partial charge in [-0.25, -0.2) is 22.2 Å². The zero-order valence-electron chi connectivity index (χ0n) is 15.9. The fraction of sp³-hybridized carbons (Fsp3) is 0.0909. The summed E-state index contributed by atoms with van der Waals surface area (Å²) in [5.41, 5.74) is 2.54. The summed E-state index contributed by atoms with van der Waals surface area (Å²) in [6.07, 6.45) is 3.21. The van der Waals surface area contributed by atoms with Crippen molar-refractivity contribution in [2.24, 2.45) is 0 Å². The number of rotatable bonds is 5. The Labute approximate surface area is 187 Å². The maximum absolute atomic E-state index is 13.0. The molecule has 0 aliphatic rings. The third-order valence-electron chi connectivity index (χ3n) is 4.59. The molecule has 0 unspecified atom stereocenters. The Hall–Kier alpha value is -2.72. The highest BCUT2D eigenvalue weighted by Crippen LogP contribution is 2.29. The minimum atomic E-state index is -3.74. The molecule has 30 heavy (non-hydrogen) atoms. The predicted molar refractivity (Wildman–Crippen MR) is 123 cm³/mol. The van der Waals surface area contributed by atoms with Crippen LogP contribution in [0.15, 0.2) is 78.0 Å². The lowest BCUT2D eigenvalue weighted by Crippen LogP contribution is -2.12. The molecule has 0 saturated heterocycles. The average molecular weight is 532 g/mol. The molecule has 2 heterocycles. The summed E-state index contributed by atoms with van der Waals surface area (Å²) in [5.74, 6) is -0.365. The van der Waals surface area contributed by atoms with Gasteiger partial charge >= 0.3 is 5.97 Å². The minimum absolute atomic E-state index is 0.207. The van der Waals surface area contributed by atoms with Gasteiger partial charge in [0, 0.05) is 26.9 Å². The molecule has 0 aliphatic heterocycles. The number of hydrogen-bond donors (Lipinski definition) is 0. The van der Waals surface area contributed by atoms with Crippen LogP contribution in [0.5, 0.6) is 0 Å². The Kier molecular flexibility index (Phi) is 5.61. The molecule has 0 spiro atoms. The SMILES string of the molecule is CCOC(=O)c1ccc(-c2cnc3c(c2)c(I)cn3S(=O)(=O)c2ccccc2)cc1. The number of aromatic nitrogens is 2. The summed E-state index contributed by atoms with van der Waals surface area (Å²) in [7, 11) is -3.74. The molecule has 0 fully saturated rings. The molecular weight excluding hydrogens is 515 g/mol. The number of hydrogen-bond acceptors (Lipinski definition) is 5. The second-order valence-electron chi connectivity index (χ2n) is 6.48. The number of esters is 1. The standard InChI is InChI=1S/C22H17IN2O4S/c1-2-29-22(26)16-10-8-15(9-11-16)17-12-19-20(23)14-25(21(19)24-13-17)30(27,28)18-6-4-3-5-7-18/h3-14H,2H2,1H3. The Morgan fingerprint density at radius 2 is 1.77 bits per heavy atom. The van der Waals surface area contributed by atoms with Crippen LogP contribution in [0.3, 0.4) is 0 Å². The maximum atomic E-state index is 13.0. The molecular formula is C22H17IN2O4S. The van der Waals surface area contributed by atoms with E-state index in [-0.39, 0.29) is 10.9 Å². The van der Waals surface area contributed by atoms with Crippen LogP contribution in [0.1, 0.15) is 17.3 Å². The number of pyridine rings is 1. The fourth-order valence-corrected chi connectivity index (χ4v) is 5.31. The van der Waals surface area contributed by atoms with E-state index in [0.29, 0.717) is 17.8 Å². The predicted octanol–water partition coefficient (Wildman–Crippen LogP) is 4.72. The van der Waals surface area contributed by atoms with Crippen LogP contribution in [0.25, 0.3) is 22.2 Å². The van der Waals surface area contributed by atoms with Gasteiger partial charge in [0.1, 0.15) is 0 Å². The van der Waals surface area contributed by atoms with Crippen molar-refractivity contribution in [3.05, 3.63) is 82.2 Å². The van der Waals surface area contributed by atoms with Crippen molar-refractivity contribution in [1.29, 1.82) is 0 Å². The van der Waals surface area contributed by atoms with E-state index in [1.54, 1.807) is 61.8 Å². The lowest BCUT2D eigenvalue weighted by Gasteiger charge is -2.08. The summed E-state index contributed by atoms with van der Waals surface area (Å²) in [6.45, 7) is 2.08. The molecule has 0 N–H and O–H groups in total. The van der Waals surface area contributed by atoms with Crippen molar-refractivity contribution in [1.82, 2.24) is 8.96 Å². The first kappa shape index (κ1) is 20.5. The van der Waals surface area contributed by atoms with Gasteiger partial charge in [0.05, 0.1) is 17.1 Å². The molecule has 0 radical (unpaired) electrons. The molecule has 2 aromatic carbocycles. The lowest BCUT2D eigenvalue weighted by atomic mass is 10.0. The molecule has 6 nitrogen and oxygen atoms in total. The number of carbonyl (C=O) groups is 1. The molecule has 0 atom stereocenters. The van der Waals surface area contributed by atoms with Gasteiger partial charge in [-0.1, -0.05) is 30.3 Å². The highest BCUT2D eigenvalue weighted by Gasteiger charge is 2.21. The van der Waals surface area contributed by atoms with E-state index in [1.807, 2.05) is 18.2 Å². The number of fused-ring (bicyclic) bond motifs is 1. The van der Waals surface area contributed by atoms with Gasteiger partial charge < -0.3 is 4.74 Å². The third kappa shape index (κ3) is 3.72. The van der Waals surface area contributed by atoms with Crippen molar-refractivity contribution >= 4 is 49.6 Å². The summed E-state index contributed by atoms with van der Waals surface area (Å²) in [6, 6.07) is 17.2. The van der Waals surface area contributed by atoms with Crippen molar-refractivity contribution in [2.45, 2.75) is 11.8 Å². The topological polar surface area (TPSA) is 78.3 Å². The minimum Gasteiger partial charge on any atom is -0.462 e. The van der Waals surface area contributed by atoms with Crippen molar-refractivity contribution < 1.29 is 17.9 Å². The van der Waals surface area contributed by atoms with Crippen LogP contribution in [-0.2, 0) is 14.8 Å². The average Bonchev–Trinajstić information content (AvgIpc) is 3.11. The Morgan fingerprint density at radius 1 is 1.07 bits per heavy atom. The summed E-state index contributed by atoms with van der Waals surface area (Å²) in [5, 5.41) is 0.738. The first-order chi connectivity index (χ1) is 14.4. The molecule has 4 aromatic rings. The van der Waals surface area contributed by atoms with Crippen molar-refractivity contribution in [2.75, 3.05) is 6.61 Å². The molecule has 0 aliphatic carbocycles. The van der Waals surface area contributed by atoms with Gasteiger partial charge in [0.25, 0.3) is 10.0 Å². The van der Waals surface area contributed by atoms with E-state index >= 15 is 0 Å². The zero-order chi connectivity index (χ0) is 21.3. The zero-order valence-corrected chi connectivity index (χ0v) is 18.9. The van der Waals surface area contributed by atoms with Crippen LogP contribution >= 0.6 is 22.6 Å². The molecule has 0 amide bonds. The number of halogens is 1. The first-order valence-corrected chi connectivity index (χ1v) is 11.7. The van der Waals surface area contributed by atoms with Gasteiger partial charge in [-0.2, -0.15) is 0 Å². The highest BCUT2D eigenvalue weighted by molar-refractivity contribution is 14.1. The molecule has 0 bridgehead atoms. The molecule has 4 rings (SSSR count). The Morgan fingerprint density at radius 3 is 2.43 bits per heavy atom. The van der Waals surface area contributed by atoms with E-state index < -0.39 is 10.0 Å². The van der Waals surface area contributed by atoms with Gasteiger partial charge in [-0.05, 0) is 65.4 Å². The maximum Gasteiger partial charge on any atom is 0.338 e. The van der Waals surface area contributed by atoms with Gasteiger partial charge in [-0.15, -0.1) is 0 Å². The van der Waals surface area contributed by atoms with E-state index in [4.69, 9.17) is 4.74 Å². The Bertz CT molecular complexity index is 1330. The molecule has 0 saturated carbocycles. The lowest BCUT2D eigenvalue weighted by molar-refractivity contribution is 0.0526. The van der Waals surface area contributed by atoms with Gasteiger partial charge in [-0.3, -0.25) is 0 Å². The van der Waals surface area contributed by atoms with E-state index in [1.165, 1.54) is 3.97 Å². The normalized spacial score (nSPS) is 11.5. The third-order valence-corrected chi connectivity index (χ3v) is 7.12. The van der Waals surface area contributed by atoms with E-state index in [9.17, 15) is 13.2 Å². The first-order valence-electron chi connectivity index (χ1n) is 9.16. The van der Waals surface area contributed by atoms with Crippen LogP contribution < -0.4 is 0 Å². The highest BCUT2D eigenvalue weighted by atomic mass is 127. The van der Waals surface area contributed by atoms with Crippen LogP contribution in [-0.4, -0.2) is 30.0 Å². The molecule has 152 valence electrons. The largest absolute Gasteiger partial charge is 0.462 e. The van der Waals surface area contributed by atoms with E-state index in [0.717, 1.165) is 20.1 Å². The van der Waals surface area contributed by atoms with Crippen molar-refractivity contribution in [3.8, 4) is 11.1 Å². The summed E-state index contributed by atoms with van der Waals surface area (Å²) in [4.78, 5) is 16.5. The van der Waals surface area contributed by atoms with Gasteiger partial charge in [0.15, 0.2) is 5.65 Å². The monoisotopic (exact) mass is 532 g/mol. The summed E-state index contributed by atoms with van der Waals surface area (Å²) < 4.78 is 33.1. The van der Waals surface area contributed by atoms with Crippen molar-refractivity contribution in [3.63, 3.8) is 0 Å². The smallest absolute Gasteiger partial charge is 0.338 e.